The number of amides is 3. The highest BCUT2D eigenvalue weighted by Gasteiger charge is 2.44. The molecule has 1 N–H and O–H groups in total. The molecule has 0 bridgehead atoms. The second-order valence-electron chi connectivity index (χ2n) is 20.9. The smallest absolute Gasteiger partial charge is 0.291 e. The molecule has 4 aromatic carbocycles. The largest absolute Gasteiger partial charge is 0.338 e. The summed E-state index contributed by atoms with van der Waals surface area (Å²) in [5.74, 6) is -3.27. The summed E-state index contributed by atoms with van der Waals surface area (Å²) >= 11 is 5.43. The maximum atomic E-state index is 13.6. The van der Waals surface area contributed by atoms with Gasteiger partial charge in [-0.2, -0.15) is 0 Å². The standard InChI is InChI=1S/C29H35F2N3O3.C17H18F2N2.C12H18ClNO3/c1-4-29(2,3)26(35)28(37)34-15-5-6-24(34)27(36)33-18-16-32(17-19-33)25(20-7-11-22(30)12-8-20)21-9-13-23(31)14-10-21;18-15-5-1-13(2-6-15)17(21-11-9-20-10-12-21)14-3-7-16(19)8-4-14;1-4-12(2,3)9(15)11(17)14-7-5-6-8(14)10(13)16/h7-14,24-25H,4-6,15-19H2,1-3H3;1-8,17,20H,9-12H2;8H,4-7H2,1-3H3/t;;8-/m..0/s1. The van der Waals surface area contributed by atoms with E-state index in [1.165, 1.54) is 58.3 Å². The van der Waals surface area contributed by atoms with E-state index in [0.717, 1.165) is 48.4 Å². The zero-order valence-corrected chi connectivity index (χ0v) is 44.7. The molecular weight excluding hydrogens is 988 g/mol. The number of hydrogen-bond donors (Lipinski definition) is 1. The number of rotatable bonds is 14. The molecule has 4 aromatic rings. The molecule has 1 unspecified atom stereocenters. The maximum absolute atomic E-state index is 13.6. The number of carbonyl (C=O) groups is 6. The Morgan fingerprint density at radius 1 is 0.507 bits per heavy atom. The van der Waals surface area contributed by atoms with Crippen LogP contribution in [0.5, 0.6) is 0 Å². The Labute approximate surface area is 443 Å². The number of carbonyl (C=O) groups excluding carboxylic acids is 6. The van der Waals surface area contributed by atoms with Crippen molar-refractivity contribution in [2.75, 3.05) is 65.4 Å². The summed E-state index contributed by atoms with van der Waals surface area (Å²) < 4.78 is 53.6. The van der Waals surface area contributed by atoms with Crippen molar-refractivity contribution >= 4 is 46.1 Å². The third-order valence-corrected chi connectivity index (χ3v) is 15.5. The minimum Gasteiger partial charge on any atom is -0.338 e. The Kier molecular flexibility index (Phi) is 20.5. The van der Waals surface area contributed by atoms with Crippen LogP contribution in [0, 0.1) is 34.1 Å². The van der Waals surface area contributed by atoms with Gasteiger partial charge in [-0.3, -0.25) is 38.6 Å². The molecule has 2 atom stereocenters. The van der Waals surface area contributed by atoms with Gasteiger partial charge in [-0.15, -0.1) is 0 Å². The summed E-state index contributed by atoms with van der Waals surface area (Å²) in [7, 11) is 0. The number of ketones is 2. The van der Waals surface area contributed by atoms with Crippen molar-refractivity contribution in [2.24, 2.45) is 10.8 Å². The number of piperazine rings is 2. The van der Waals surface area contributed by atoms with Crippen molar-refractivity contribution in [2.45, 2.75) is 104 Å². The van der Waals surface area contributed by atoms with E-state index in [4.69, 9.17) is 11.6 Å². The molecule has 4 aliphatic heterocycles. The number of Topliss-reactive ketones (excluding diaryl/α,β-unsaturated/α-hetero) is 2. The van der Waals surface area contributed by atoms with Gasteiger partial charge in [0.05, 0.1) is 12.1 Å². The molecule has 4 aliphatic rings. The summed E-state index contributed by atoms with van der Waals surface area (Å²) in [6.07, 6.45) is 3.65. The Bertz CT molecular complexity index is 2500. The molecular formula is C58H71ClF4N6O6. The molecule has 3 amide bonds. The summed E-state index contributed by atoms with van der Waals surface area (Å²) in [5, 5.41) is 2.77. The van der Waals surface area contributed by atoms with Crippen LogP contribution in [0.25, 0.3) is 0 Å². The first-order valence-corrected chi connectivity index (χ1v) is 26.4. The average molecular weight is 1060 g/mol. The lowest BCUT2D eigenvalue weighted by molar-refractivity contribution is -0.153. The highest BCUT2D eigenvalue weighted by molar-refractivity contribution is 6.65. The van der Waals surface area contributed by atoms with E-state index in [9.17, 15) is 46.3 Å². The van der Waals surface area contributed by atoms with Crippen LogP contribution in [0.15, 0.2) is 97.1 Å². The van der Waals surface area contributed by atoms with E-state index in [2.05, 4.69) is 15.1 Å². The number of halogens is 5. The van der Waals surface area contributed by atoms with Crippen molar-refractivity contribution < 1.29 is 46.3 Å². The zero-order chi connectivity index (χ0) is 54.6. The normalized spacial score (nSPS) is 18.5. The molecule has 0 spiro atoms. The molecule has 0 aliphatic carbocycles. The molecule has 404 valence electrons. The minimum atomic E-state index is -0.755. The van der Waals surface area contributed by atoms with Crippen molar-refractivity contribution in [3.05, 3.63) is 143 Å². The molecule has 4 saturated heterocycles. The van der Waals surface area contributed by atoms with Crippen LogP contribution in [0.1, 0.15) is 114 Å². The number of benzene rings is 4. The molecule has 12 nitrogen and oxygen atoms in total. The van der Waals surface area contributed by atoms with Crippen molar-refractivity contribution in [1.82, 2.24) is 29.8 Å². The Hall–Kier alpha value is -5.81. The van der Waals surface area contributed by atoms with Crippen LogP contribution >= 0.6 is 11.6 Å². The molecule has 4 heterocycles. The fraction of sp³-hybridized carbons (Fsp3) is 0.483. The van der Waals surface area contributed by atoms with Gasteiger partial charge >= 0.3 is 0 Å². The summed E-state index contributed by atoms with van der Waals surface area (Å²) in [5.41, 5.74) is 2.40. The van der Waals surface area contributed by atoms with Crippen LogP contribution in [0.3, 0.4) is 0 Å². The predicted molar refractivity (Wildman–Crippen MR) is 280 cm³/mol. The first kappa shape index (κ1) is 58.5. The highest BCUT2D eigenvalue weighted by atomic mass is 35.5. The number of hydrogen-bond acceptors (Lipinski definition) is 9. The Morgan fingerprint density at radius 2 is 0.827 bits per heavy atom. The third-order valence-electron chi connectivity index (χ3n) is 15.2. The first-order chi connectivity index (χ1) is 35.7. The van der Waals surface area contributed by atoms with Crippen LogP contribution in [0.2, 0.25) is 0 Å². The lowest BCUT2D eigenvalue weighted by Crippen LogP contribution is -2.56. The van der Waals surface area contributed by atoms with Crippen LogP contribution < -0.4 is 5.32 Å². The van der Waals surface area contributed by atoms with Gasteiger partial charge in [0, 0.05) is 76.3 Å². The van der Waals surface area contributed by atoms with Crippen molar-refractivity contribution in [3.8, 4) is 0 Å². The second-order valence-corrected chi connectivity index (χ2v) is 21.3. The van der Waals surface area contributed by atoms with E-state index in [1.807, 2.05) is 38.1 Å². The molecule has 0 aromatic heterocycles. The van der Waals surface area contributed by atoms with E-state index in [1.54, 1.807) is 56.9 Å². The Morgan fingerprint density at radius 3 is 1.16 bits per heavy atom. The SMILES string of the molecule is CCC(C)(C)C(=O)C(=O)N1CCCC1C(=O)N1CCN(C(c2ccc(F)cc2)c2ccc(F)cc2)CC1.CCC(C)(C)C(=O)C(=O)N1CCC[C@H]1C(=O)Cl.Fc1ccc(C(c2ccc(F)cc2)N2CCNCC2)cc1. The van der Waals surface area contributed by atoms with E-state index in [-0.39, 0.29) is 41.3 Å². The average Bonchev–Trinajstić information content (AvgIpc) is 4.13. The zero-order valence-electron chi connectivity index (χ0n) is 43.9. The fourth-order valence-electron chi connectivity index (χ4n) is 9.83. The molecule has 8 rings (SSSR count). The van der Waals surface area contributed by atoms with Crippen LogP contribution in [-0.4, -0.2) is 137 Å². The lowest BCUT2D eigenvalue weighted by Gasteiger charge is -2.41. The number of likely N-dealkylation sites (tertiary alicyclic amines) is 2. The molecule has 4 fully saturated rings. The summed E-state index contributed by atoms with van der Waals surface area (Å²) in [4.78, 5) is 83.6. The minimum absolute atomic E-state index is 0.0355. The van der Waals surface area contributed by atoms with Crippen molar-refractivity contribution in [1.29, 1.82) is 0 Å². The predicted octanol–water partition coefficient (Wildman–Crippen LogP) is 8.90. The Balaban J connectivity index is 0.000000202. The van der Waals surface area contributed by atoms with E-state index in [0.29, 0.717) is 77.8 Å². The van der Waals surface area contributed by atoms with E-state index >= 15 is 0 Å². The quantitative estimate of drug-likeness (QED) is 0.0748. The fourth-order valence-corrected chi connectivity index (χ4v) is 10.1. The van der Waals surface area contributed by atoms with Gasteiger partial charge in [0.15, 0.2) is 0 Å². The van der Waals surface area contributed by atoms with Gasteiger partial charge in [-0.05, 0) is 121 Å². The monoisotopic (exact) mass is 1060 g/mol. The van der Waals surface area contributed by atoms with Gasteiger partial charge in [0.25, 0.3) is 11.8 Å². The topological polar surface area (TPSA) is 131 Å². The second kappa shape index (κ2) is 26.3. The van der Waals surface area contributed by atoms with E-state index < -0.39 is 51.5 Å². The van der Waals surface area contributed by atoms with Gasteiger partial charge in [-0.1, -0.05) is 90.1 Å². The van der Waals surface area contributed by atoms with Gasteiger partial charge in [-0.25, -0.2) is 17.6 Å². The maximum Gasteiger partial charge on any atom is 0.291 e. The molecule has 17 heteroatoms. The lowest BCUT2D eigenvalue weighted by atomic mass is 9.84. The van der Waals surface area contributed by atoms with Crippen molar-refractivity contribution in [3.63, 3.8) is 0 Å². The molecule has 0 saturated carbocycles. The third kappa shape index (κ3) is 14.8. The summed E-state index contributed by atoms with van der Waals surface area (Å²) in [6, 6.07) is 24.3. The number of nitrogens with zero attached hydrogens (tertiary/aromatic N) is 5. The van der Waals surface area contributed by atoms with Gasteiger partial charge < -0.3 is 20.0 Å². The number of nitrogens with one attached hydrogen (secondary N) is 1. The first-order valence-electron chi connectivity index (χ1n) is 26.1. The van der Waals surface area contributed by atoms with Crippen LogP contribution in [-0.2, 0) is 28.8 Å². The van der Waals surface area contributed by atoms with Gasteiger partial charge in [0.1, 0.15) is 35.4 Å². The molecule has 0 radical (unpaired) electrons. The highest BCUT2D eigenvalue weighted by Crippen LogP contribution is 2.33. The van der Waals surface area contributed by atoms with Gasteiger partial charge in [0.2, 0.25) is 22.7 Å². The van der Waals surface area contributed by atoms with Crippen LogP contribution in [0.4, 0.5) is 17.6 Å². The molecule has 75 heavy (non-hydrogen) atoms. The summed E-state index contributed by atoms with van der Waals surface area (Å²) in [6.45, 7) is 17.3.